The number of sulfonamides is 1. The van der Waals surface area contributed by atoms with Crippen molar-refractivity contribution < 1.29 is 12.8 Å². The van der Waals surface area contributed by atoms with Gasteiger partial charge in [-0.25, -0.2) is 12.8 Å². The van der Waals surface area contributed by atoms with Crippen molar-refractivity contribution in [3.63, 3.8) is 0 Å². The van der Waals surface area contributed by atoms with E-state index in [-0.39, 0.29) is 15.8 Å². The quantitative estimate of drug-likeness (QED) is 0.845. The molecule has 1 aliphatic heterocycles. The number of rotatable bonds is 4. The van der Waals surface area contributed by atoms with E-state index in [1.807, 2.05) is 0 Å². The summed E-state index contributed by atoms with van der Waals surface area (Å²) in [5.41, 5.74) is 5.53. The second-order valence-corrected chi connectivity index (χ2v) is 7.81. The van der Waals surface area contributed by atoms with E-state index < -0.39 is 20.9 Å². The maximum absolute atomic E-state index is 13.7. The highest BCUT2D eigenvalue weighted by Gasteiger charge is 2.32. The number of nitrogens with zero attached hydrogens (tertiary/aromatic N) is 1. The van der Waals surface area contributed by atoms with Gasteiger partial charge in [0.05, 0.1) is 10.0 Å². The van der Waals surface area contributed by atoms with Crippen LogP contribution in [0.2, 0.25) is 10.0 Å². The standard InChI is InChI=1S/C13H17Cl2FN2O2S/c14-10-3-4-11(12(15)13(10)16)21(19,20)18-7-1-2-9(8-18)5-6-17/h3-4,9H,1-2,5-8,17H2. The van der Waals surface area contributed by atoms with Gasteiger partial charge in [0.1, 0.15) is 4.90 Å². The first-order chi connectivity index (χ1) is 9.87. The fourth-order valence-electron chi connectivity index (χ4n) is 2.56. The fourth-order valence-corrected chi connectivity index (χ4v) is 4.84. The number of halogens is 3. The molecule has 21 heavy (non-hydrogen) atoms. The molecule has 1 aromatic rings. The molecule has 118 valence electrons. The SMILES string of the molecule is NCCC1CCCN(S(=O)(=O)c2ccc(Cl)c(F)c2Cl)C1. The van der Waals surface area contributed by atoms with E-state index in [9.17, 15) is 12.8 Å². The average molecular weight is 355 g/mol. The number of nitrogens with two attached hydrogens (primary N) is 1. The number of hydrogen-bond donors (Lipinski definition) is 1. The van der Waals surface area contributed by atoms with Gasteiger partial charge < -0.3 is 5.73 Å². The minimum absolute atomic E-state index is 0.196. The third-order valence-electron chi connectivity index (χ3n) is 3.67. The molecule has 0 saturated carbocycles. The number of hydrogen-bond acceptors (Lipinski definition) is 3. The summed E-state index contributed by atoms with van der Waals surface area (Å²) in [6.07, 6.45) is 2.48. The van der Waals surface area contributed by atoms with Gasteiger partial charge in [0.2, 0.25) is 10.0 Å². The van der Waals surface area contributed by atoms with E-state index in [0.29, 0.717) is 19.6 Å². The van der Waals surface area contributed by atoms with Gasteiger partial charge in [-0.1, -0.05) is 23.2 Å². The van der Waals surface area contributed by atoms with E-state index in [2.05, 4.69) is 0 Å². The molecule has 2 N–H and O–H groups in total. The molecule has 4 nitrogen and oxygen atoms in total. The lowest BCUT2D eigenvalue weighted by atomic mass is 9.96. The molecule has 8 heteroatoms. The topological polar surface area (TPSA) is 63.4 Å². The summed E-state index contributed by atoms with van der Waals surface area (Å²) in [5.74, 6) is -0.677. The summed E-state index contributed by atoms with van der Waals surface area (Å²) in [6, 6.07) is 2.45. The molecule has 0 amide bonds. The summed E-state index contributed by atoms with van der Waals surface area (Å²) in [4.78, 5) is -0.237. The van der Waals surface area contributed by atoms with Crippen LogP contribution in [0, 0.1) is 11.7 Å². The Labute approximate surface area is 134 Å². The highest BCUT2D eigenvalue weighted by Crippen LogP contribution is 2.33. The predicted molar refractivity (Wildman–Crippen MR) is 81.6 cm³/mol. The van der Waals surface area contributed by atoms with Crippen molar-refractivity contribution >= 4 is 33.2 Å². The van der Waals surface area contributed by atoms with E-state index in [4.69, 9.17) is 28.9 Å². The van der Waals surface area contributed by atoms with Crippen LogP contribution in [0.1, 0.15) is 19.3 Å². The first-order valence-corrected chi connectivity index (χ1v) is 8.91. The maximum atomic E-state index is 13.7. The molecular formula is C13H17Cl2FN2O2S. The number of piperidine rings is 1. The lowest BCUT2D eigenvalue weighted by Gasteiger charge is -2.32. The van der Waals surface area contributed by atoms with Crippen molar-refractivity contribution in [2.24, 2.45) is 11.7 Å². The highest BCUT2D eigenvalue weighted by atomic mass is 35.5. The molecule has 0 radical (unpaired) electrons. The molecule has 0 spiro atoms. The van der Waals surface area contributed by atoms with Crippen LogP contribution < -0.4 is 5.73 Å². The smallest absolute Gasteiger partial charge is 0.244 e. The largest absolute Gasteiger partial charge is 0.330 e. The Balaban J connectivity index is 2.32. The van der Waals surface area contributed by atoms with Crippen LogP contribution in [0.3, 0.4) is 0 Å². The van der Waals surface area contributed by atoms with Gasteiger partial charge in [-0.2, -0.15) is 4.31 Å². The monoisotopic (exact) mass is 354 g/mol. The molecule has 2 rings (SSSR count). The molecule has 0 bridgehead atoms. The maximum Gasteiger partial charge on any atom is 0.244 e. The summed E-state index contributed by atoms with van der Waals surface area (Å²) >= 11 is 11.4. The van der Waals surface area contributed by atoms with E-state index >= 15 is 0 Å². The van der Waals surface area contributed by atoms with Crippen LogP contribution in [0.15, 0.2) is 17.0 Å². The molecule has 0 aliphatic carbocycles. The molecule has 1 aromatic carbocycles. The zero-order chi connectivity index (χ0) is 15.6. The molecule has 1 atom stereocenters. The average Bonchev–Trinajstić information content (AvgIpc) is 2.45. The Morgan fingerprint density at radius 2 is 2.10 bits per heavy atom. The lowest BCUT2D eigenvalue weighted by molar-refractivity contribution is 0.258. The first kappa shape index (κ1) is 17.0. The lowest BCUT2D eigenvalue weighted by Crippen LogP contribution is -2.40. The van der Waals surface area contributed by atoms with Crippen molar-refractivity contribution in [1.82, 2.24) is 4.31 Å². The summed E-state index contributed by atoms with van der Waals surface area (Å²) in [6.45, 7) is 1.32. The second-order valence-electron chi connectivity index (χ2n) is 5.12. The van der Waals surface area contributed by atoms with Crippen molar-refractivity contribution in [3.8, 4) is 0 Å². The van der Waals surface area contributed by atoms with Crippen molar-refractivity contribution in [2.45, 2.75) is 24.2 Å². The molecule has 1 saturated heterocycles. The Hall–Kier alpha value is -0.400. The summed E-state index contributed by atoms with van der Waals surface area (Å²) in [7, 11) is -3.82. The zero-order valence-corrected chi connectivity index (χ0v) is 13.7. The second kappa shape index (κ2) is 6.79. The minimum atomic E-state index is -3.82. The molecule has 1 aliphatic rings. The molecule has 1 unspecified atom stereocenters. The minimum Gasteiger partial charge on any atom is -0.330 e. The van der Waals surface area contributed by atoms with Gasteiger partial charge in [0.15, 0.2) is 5.82 Å². The van der Waals surface area contributed by atoms with Gasteiger partial charge in [0, 0.05) is 13.1 Å². The summed E-state index contributed by atoms with van der Waals surface area (Å²) < 4.78 is 40.3. The van der Waals surface area contributed by atoms with E-state index in [0.717, 1.165) is 19.3 Å². The van der Waals surface area contributed by atoms with Gasteiger partial charge in [-0.05, 0) is 43.9 Å². The van der Waals surface area contributed by atoms with Crippen LogP contribution in [0.4, 0.5) is 4.39 Å². The molecule has 1 heterocycles. The van der Waals surface area contributed by atoms with Crippen LogP contribution in [-0.2, 0) is 10.0 Å². The van der Waals surface area contributed by atoms with E-state index in [1.54, 1.807) is 0 Å². The van der Waals surface area contributed by atoms with Crippen molar-refractivity contribution in [1.29, 1.82) is 0 Å². The molecule has 1 fully saturated rings. The predicted octanol–water partition coefficient (Wildman–Crippen LogP) is 2.88. The molecule has 0 aromatic heterocycles. The normalized spacial score (nSPS) is 20.7. The first-order valence-electron chi connectivity index (χ1n) is 6.71. The Kier molecular flexibility index (Phi) is 5.48. The van der Waals surface area contributed by atoms with Crippen LogP contribution >= 0.6 is 23.2 Å². The van der Waals surface area contributed by atoms with Gasteiger partial charge in [-0.3, -0.25) is 0 Å². The Bertz CT molecular complexity index is 623. The van der Waals surface area contributed by atoms with Crippen LogP contribution in [0.5, 0.6) is 0 Å². The summed E-state index contributed by atoms with van der Waals surface area (Å²) in [5, 5.41) is -0.651. The third kappa shape index (κ3) is 3.51. The van der Waals surface area contributed by atoms with Crippen LogP contribution in [-0.4, -0.2) is 32.4 Å². The fraction of sp³-hybridized carbons (Fsp3) is 0.538. The van der Waals surface area contributed by atoms with Crippen LogP contribution in [0.25, 0.3) is 0 Å². The molecular weight excluding hydrogens is 338 g/mol. The van der Waals surface area contributed by atoms with Gasteiger partial charge in [-0.15, -0.1) is 0 Å². The van der Waals surface area contributed by atoms with Gasteiger partial charge >= 0.3 is 0 Å². The van der Waals surface area contributed by atoms with Crippen molar-refractivity contribution in [3.05, 3.63) is 28.0 Å². The highest BCUT2D eigenvalue weighted by molar-refractivity contribution is 7.89. The number of benzene rings is 1. The van der Waals surface area contributed by atoms with E-state index in [1.165, 1.54) is 16.4 Å². The third-order valence-corrected chi connectivity index (χ3v) is 6.36. The Morgan fingerprint density at radius 3 is 2.76 bits per heavy atom. The van der Waals surface area contributed by atoms with Crippen molar-refractivity contribution in [2.75, 3.05) is 19.6 Å². The zero-order valence-electron chi connectivity index (χ0n) is 11.4. The van der Waals surface area contributed by atoms with Gasteiger partial charge in [0.25, 0.3) is 0 Å². The Morgan fingerprint density at radius 1 is 1.38 bits per heavy atom.